The molecule has 0 spiro atoms. The maximum atomic E-state index is 12.3. The highest BCUT2D eigenvalue weighted by Crippen LogP contribution is 2.34. The van der Waals surface area contributed by atoms with Gasteiger partial charge in [0.2, 0.25) is 5.91 Å². The summed E-state index contributed by atoms with van der Waals surface area (Å²) < 4.78 is 0. The fourth-order valence-corrected chi connectivity index (χ4v) is 4.57. The molecule has 130 valence electrons. The molecule has 4 nitrogen and oxygen atoms in total. The normalized spacial score (nSPS) is 12.3. The van der Waals surface area contributed by atoms with Gasteiger partial charge in [0.05, 0.1) is 11.8 Å². The number of aromatic nitrogens is 2. The Hall–Kier alpha value is -1.63. The third-order valence-electron chi connectivity index (χ3n) is 4.02. The van der Waals surface area contributed by atoms with Crippen LogP contribution in [0.3, 0.4) is 0 Å². The van der Waals surface area contributed by atoms with Gasteiger partial charge in [-0.25, -0.2) is 9.97 Å². The van der Waals surface area contributed by atoms with Crippen LogP contribution in [0.4, 0.5) is 0 Å². The smallest absolute Gasteiger partial charge is 0.230 e. The van der Waals surface area contributed by atoms with Gasteiger partial charge in [-0.1, -0.05) is 35.5 Å². The summed E-state index contributed by atoms with van der Waals surface area (Å²) in [5.74, 6) is 0.294. The van der Waals surface area contributed by atoms with Gasteiger partial charge in [0, 0.05) is 15.3 Å². The second-order valence-corrected chi connectivity index (χ2v) is 8.38. The summed E-state index contributed by atoms with van der Waals surface area (Å²) in [6.07, 6.45) is 1.56. The van der Waals surface area contributed by atoms with E-state index in [1.807, 2.05) is 31.2 Å². The molecule has 0 unspecified atom stereocenters. The molecule has 1 N–H and O–H groups in total. The average Bonchev–Trinajstić information content (AvgIpc) is 2.88. The number of carbonyl (C=O) groups excluding carboxylic acids is 1. The lowest BCUT2D eigenvalue weighted by molar-refractivity contribution is -0.119. The highest BCUT2D eigenvalue weighted by Gasteiger charge is 2.15. The molecule has 2 aromatic heterocycles. The molecule has 7 heteroatoms. The first-order chi connectivity index (χ1) is 12.0. The number of hydrogen-bond donors (Lipinski definition) is 1. The van der Waals surface area contributed by atoms with Crippen molar-refractivity contribution < 1.29 is 4.79 Å². The Labute approximate surface area is 160 Å². The van der Waals surface area contributed by atoms with E-state index >= 15 is 0 Å². The van der Waals surface area contributed by atoms with Gasteiger partial charge in [0.25, 0.3) is 0 Å². The molecule has 0 bridgehead atoms. The Bertz CT molecular complexity index is 909. The maximum absolute atomic E-state index is 12.3. The molecule has 1 amide bonds. The van der Waals surface area contributed by atoms with E-state index in [1.54, 1.807) is 17.7 Å². The Morgan fingerprint density at radius 1 is 1.28 bits per heavy atom. The second-order valence-electron chi connectivity index (χ2n) is 5.77. The zero-order valence-corrected chi connectivity index (χ0v) is 16.6. The number of hydrogen-bond acceptors (Lipinski definition) is 5. The van der Waals surface area contributed by atoms with Gasteiger partial charge < -0.3 is 5.32 Å². The summed E-state index contributed by atoms with van der Waals surface area (Å²) in [6.45, 7) is 6.11. The predicted octanol–water partition coefficient (Wildman–Crippen LogP) is 4.93. The zero-order chi connectivity index (χ0) is 18.0. The molecular formula is C18H18ClN3OS2. The van der Waals surface area contributed by atoms with Crippen molar-refractivity contribution in [1.29, 1.82) is 0 Å². The second kappa shape index (κ2) is 7.72. The topological polar surface area (TPSA) is 54.9 Å². The van der Waals surface area contributed by atoms with Gasteiger partial charge in [-0.05, 0) is 44.0 Å². The first-order valence-electron chi connectivity index (χ1n) is 7.84. The molecule has 0 saturated carbocycles. The molecule has 0 fully saturated rings. The molecule has 0 aliphatic rings. The Morgan fingerprint density at radius 3 is 2.72 bits per heavy atom. The van der Waals surface area contributed by atoms with E-state index in [1.165, 1.54) is 22.2 Å². The first-order valence-corrected chi connectivity index (χ1v) is 10.0. The lowest BCUT2D eigenvalue weighted by Gasteiger charge is -2.14. The van der Waals surface area contributed by atoms with Crippen LogP contribution in [-0.2, 0) is 4.79 Å². The fraction of sp³-hybridized carbons (Fsp3) is 0.278. The molecule has 0 aliphatic carbocycles. The quantitative estimate of drug-likeness (QED) is 0.494. The van der Waals surface area contributed by atoms with Crippen LogP contribution in [0.1, 0.15) is 29.0 Å². The maximum Gasteiger partial charge on any atom is 0.230 e. The summed E-state index contributed by atoms with van der Waals surface area (Å²) in [6, 6.07) is 7.43. The number of nitrogens with one attached hydrogen (secondary N) is 1. The first kappa shape index (κ1) is 18.2. The molecule has 1 aromatic carbocycles. The molecule has 0 radical (unpaired) electrons. The number of fused-ring (bicyclic) bond motifs is 1. The highest BCUT2D eigenvalue weighted by atomic mass is 35.5. The van der Waals surface area contributed by atoms with E-state index in [2.05, 4.69) is 29.1 Å². The molecule has 0 saturated heterocycles. The van der Waals surface area contributed by atoms with Crippen molar-refractivity contribution in [3.05, 3.63) is 51.6 Å². The number of aryl methyl sites for hydroxylation is 2. The van der Waals surface area contributed by atoms with E-state index in [0.717, 1.165) is 20.8 Å². The summed E-state index contributed by atoms with van der Waals surface area (Å²) in [5, 5.41) is 5.62. The molecule has 1 atom stereocenters. The number of benzene rings is 1. The number of thioether (sulfide) groups is 1. The van der Waals surface area contributed by atoms with Crippen molar-refractivity contribution in [2.45, 2.75) is 31.8 Å². The van der Waals surface area contributed by atoms with E-state index in [9.17, 15) is 4.79 Å². The number of rotatable bonds is 5. The van der Waals surface area contributed by atoms with E-state index in [0.29, 0.717) is 10.8 Å². The number of halogens is 1. The van der Waals surface area contributed by atoms with Crippen LogP contribution in [0.15, 0.2) is 35.6 Å². The van der Waals surface area contributed by atoms with Crippen molar-refractivity contribution in [2.24, 2.45) is 0 Å². The van der Waals surface area contributed by atoms with Crippen molar-refractivity contribution >= 4 is 50.8 Å². The van der Waals surface area contributed by atoms with Gasteiger partial charge in [0.15, 0.2) is 0 Å². The molecule has 0 aliphatic heterocycles. The third-order valence-corrected chi connectivity index (χ3v) is 6.37. The van der Waals surface area contributed by atoms with Crippen LogP contribution in [-0.4, -0.2) is 21.6 Å². The van der Waals surface area contributed by atoms with Crippen LogP contribution in [0.25, 0.3) is 10.2 Å². The SMILES string of the molecule is Cc1sc2ncnc(SCC(=O)N[C@@H](C)c3ccc(Cl)cc3)c2c1C. The lowest BCUT2D eigenvalue weighted by atomic mass is 10.1. The molecule has 2 heterocycles. The Balaban J connectivity index is 1.65. The van der Waals surface area contributed by atoms with Crippen LogP contribution in [0.2, 0.25) is 5.02 Å². The van der Waals surface area contributed by atoms with Gasteiger partial charge in [-0.2, -0.15) is 0 Å². The predicted molar refractivity (Wildman–Crippen MR) is 106 cm³/mol. The number of carbonyl (C=O) groups is 1. The van der Waals surface area contributed by atoms with Crippen molar-refractivity contribution in [3.63, 3.8) is 0 Å². The zero-order valence-electron chi connectivity index (χ0n) is 14.2. The van der Waals surface area contributed by atoms with Crippen LogP contribution in [0.5, 0.6) is 0 Å². The van der Waals surface area contributed by atoms with Crippen LogP contribution >= 0.6 is 34.7 Å². The van der Waals surface area contributed by atoms with E-state index in [-0.39, 0.29) is 11.9 Å². The third kappa shape index (κ3) is 4.14. The summed E-state index contributed by atoms with van der Waals surface area (Å²) in [5.41, 5.74) is 2.22. The molecular weight excluding hydrogens is 374 g/mol. The average molecular weight is 392 g/mol. The minimum Gasteiger partial charge on any atom is -0.349 e. The Kier molecular flexibility index (Phi) is 5.61. The van der Waals surface area contributed by atoms with Crippen molar-refractivity contribution in [1.82, 2.24) is 15.3 Å². The molecule has 3 aromatic rings. The van der Waals surface area contributed by atoms with E-state index in [4.69, 9.17) is 11.6 Å². The van der Waals surface area contributed by atoms with Crippen molar-refractivity contribution in [3.8, 4) is 0 Å². The fourth-order valence-electron chi connectivity index (χ4n) is 2.51. The number of amides is 1. The monoisotopic (exact) mass is 391 g/mol. The summed E-state index contributed by atoms with van der Waals surface area (Å²) in [7, 11) is 0. The number of thiophene rings is 1. The summed E-state index contributed by atoms with van der Waals surface area (Å²) in [4.78, 5) is 23.2. The van der Waals surface area contributed by atoms with Crippen LogP contribution < -0.4 is 5.32 Å². The highest BCUT2D eigenvalue weighted by molar-refractivity contribution is 8.00. The van der Waals surface area contributed by atoms with Gasteiger partial charge >= 0.3 is 0 Å². The molecule has 3 rings (SSSR count). The summed E-state index contributed by atoms with van der Waals surface area (Å²) >= 11 is 9.01. The van der Waals surface area contributed by atoms with Crippen molar-refractivity contribution in [2.75, 3.05) is 5.75 Å². The number of nitrogens with zero attached hydrogens (tertiary/aromatic N) is 2. The standard InChI is InChI=1S/C18H18ClN3OS2/c1-10-12(3)25-18-16(10)17(20-9-21-18)24-8-15(23)22-11(2)13-4-6-14(19)7-5-13/h4-7,9,11H,8H2,1-3H3,(H,22,23)/t11-/m0/s1. The van der Waals surface area contributed by atoms with Crippen LogP contribution in [0, 0.1) is 13.8 Å². The van der Waals surface area contributed by atoms with Gasteiger partial charge in [0.1, 0.15) is 16.2 Å². The molecule has 25 heavy (non-hydrogen) atoms. The van der Waals surface area contributed by atoms with Gasteiger partial charge in [-0.3, -0.25) is 4.79 Å². The van der Waals surface area contributed by atoms with Gasteiger partial charge in [-0.15, -0.1) is 11.3 Å². The largest absolute Gasteiger partial charge is 0.349 e. The lowest BCUT2D eigenvalue weighted by Crippen LogP contribution is -2.28. The minimum absolute atomic E-state index is 0.0242. The minimum atomic E-state index is -0.0686. The van der Waals surface area contributed by atoms with E-state index < -0.39 is 0 Å². The Morgan fingerprint density at radius 2 is 2.00 bits per heavy atom.